The lowest BCUT2D eigenvalue weighted by molar-refractivity contribution is -0.218. The number of ether oxygens (including phenoxy) is 3. The Kier molecular flexibility index (Phi) is 7.85. The summed E-state index contributed by atoms with van der Waals surface area (Å²) >= 11 is 5.65. The van der Waals surface area contributed by atoms with E-state index >= 15 is 0 Å². The molecule has 4 fully saturated rings. The first kappa shape index (κ1) is 26.4. The predicted octanol–water partition coefficient (Wildman–Crippen LogP) is 4.67. The first-order chi connectivity index (χ1) is 16.7. The van der Waals surface area contributed by atoms with Crippen LogP contribution in [-0.2, 0) is 33.4 Å². The van der Waals surface area contributed by atoms with Crippen molar-refractivity contribution >= 4 is 36.3 Å². The van der Waals surface area contributed by atoms with Gasteiger partial charge in [0.15, 0.2) is 0 Å². The van der Waals surface area contributed by atoms with E-state index in [4.69, 9.17) is 25.8 Å². The maximum atomic E-state index is 11.7. The largest absolute Gasteiger partial charge is 0.465 e. The minimum Gasteiger partial charge on any atom is -0.465 e. The molecule has 0 heterocycles. The molecule has 0 aromatic heterocycles. The molecule has 35 heavy (non-hydrogen) atoms. The van der Waals surface area contributed by atoms with Crippen molar-refractivity contribution in [2.45, 2.75) is 96.9 Å². The fourth-order valence-corrected chi connectivity index (χ4v) is 9.40. The Morgan fingerprint density at radius 3 is 2.34 bits per heavy atom. The summed E-state index contributed by atoms with van der Waals surface area (Å²) in [5.41, 5.74) is -0.265. The molecule has 0 radical (unpaired) electrons. The van der Waals surface area contributed by atoms with Crippen LogP contribution in [0.3, 0.4) is 0 Å². The Hall–Kier alpha value is -1.63. The van der Waals surface area contributed by atoms with Crippen molar-refractivity contribution in [3.8, 4) is 0 Å². The first-order valence-corrected chi connectivity index (χ1v) is 13.5. The highest BCUT2D eigenvalue weighted by Crippen LogP contribution is 2.69. The first-order valence-electron chi connectivity index (χ1n) is 13.2. The maximum Gasteiger partial charge on any atom is 0.293 e. The highest BCUT2D eigenvalue weighted by molar-refractivity contribution is 6.63. The summed E-state index contributed by atoms with van der Waals surface area (Å²) in [5, 5.41) is -0.319. The lowest BCUT2D eigenvalue weighted by Crippen LogP contribution is -2.63. The monoisotopic (exact) mass is 510 g/mol. The Bertz CT molecular complexity index is 819. The van der Waals surface area contributed by atoms with Crippen LogP contribution in [0.4, 0.5) is 0 Å². The van der Waals surface area contributed by atoms with Crippen molar-refractivity contribution < 1.29 is 33.4 Å². The third-order valence-electron chi connectivity index (χ3n) is 10.9. The molecule has 0 N–H and O–H groups in total. The van der Waals surface area contributed by atoms with Crippen LogP contribution in [0.15, 0.2) is 0 Å². The normalized spacial score (nSPS) is 45.1. The zero-order valence-electron chi connectivity index (χ0n) is 21.0. The minimum absolute atomic E-state index is 0.00325. The summed E-state index contributed by atoms with van der Waals surface area (Å²) in [6, 6.07) is 0. The summed E-state index contributed by atoms with van der Waals surface area (Å²) in [7, 11) is 0. The van der Waals surface area contributed by atoms with Gasteiger partial charge in [-0.05, 0) is 98.0 Å². The second-order valence-electron chi connectivity index (χ2n) is 12.0. The van der Waals surface area contributed by atoms with Crippen molar-refractivity contribution in [3.05, 3.63) is 0 Å². The second kappa shape index (κ2) is 10.4. The molecule has 4 saturated carbocycles. The van der Waals surface area contributed by atoms with Crippen LogP contribution in [0.2, 0.25) is 0 Å². The molecule has 4 unspecified atom stereocenters. The zero-order chi connectivity index (χ0) is 25.4. The van der Waals surface area contributed by atoms with Crippen LogP contribution >= 0.6 is 11.6 Å². The molecule has 0 bridgehead atoms. The molecule has 0 amide bonds. The van der Waals surface area contributed by atoms with Crippen LogP contribution in [0, 0.1) is 46.3 Å². The molecule has 0 saturated heterocycles. The van der Waals surface area contributed by atoms with Gasteiger partial charge < -0.3 is 14.2 Å². The van der Waals surface area contributed by atoms with E-state index in [1.165, 1.54) is 0 Å². The highest BCUT2D eigenvalue weighted by atomic mass is 35.5. The average molecular weight is 511 g/mol. The molecule has 0 aliphatic heterocycles. The van der Waals surface area contributed by atoms with Gasteiger partial charge in [-0.3, -0.25) is 19.2 Å². The molecule has 0 aromatic rings. The van der Waals surface area contributed by atoms with E-state index in [1.807, 2.05) is 0 Å². The molecule has 4 aliphatic rings. The smallest absolute Gasteiger partial charge is 0.293 e. The number of rotatable bonds is 10. The number of fused-ring (bicyclic) bond motifs is 5. The maximum absolute atomic E-state index is 11.7. The van der Waals surface area contributed by atoms with Crippen LogP contribution < -0.4 is 0 Å². The number of hydrogen-bond donors (Lipinski definition) is 0. The van der Waals surface area contributed by atoms with Gasteiger partial charge in [-0.1, -0.05) is 20.8 Å². The lowest BCUT2D eigenvalue weighted by Gasteiger charge is -2.64. The van der Waals surface area contributed by atoms with E-state index < -0.39 is 0 Å². The van der Waals surface area contributed by atoms with E-state index in [-0.39, 0.29) is 69.9 Å². The quantitative estimate of drug-likeness (QED) is 0.239. The number of hydrogen-bond acceptors (Lipinski definition) is 7. The van der Waals surface area contributed by atoms with Crippen LogP contribution in [0.5, 0.6) is 0 Å². The van der Waals surface area contributed by atoms with E-state index in [1.54, 1.807) is 0 Å². The topological polar surface area (TPSA) is 96.0 Å². The predicted molar refractivity (Wildman–Crippen MR) is 128 cm³/mol. The minimum atomic E-state index is -0.319. The SMILES string of the molecule is C[C@H](CCC(=O)Cl)[C@H]1CC[C@H]2[C@@H]3C(OC=O)CC4CC(OC=O)CC[C@]4(C)[C@H]3CC(OC=O)[C@]12C. The summed E-state index contributed by atoms with van der Waals surface area (Å²) in [5.74, 6) is 1.48. The van der Waals surface area contributed by atoms with Gasteiger partial charge in [-0.15, -0.1) is 0 Å². The molecular weight excluding hydrogens is 472 g/mol. The Morgan fingerprint density at radius 2 is 1.69 bits per heavy atom. The number of halogens is 1. The fourth-order valence-electron chi connectivity index (χ4n) is 9.29. The van der Waals surface area contributed by atoms with Gasteiger partial charge in [0.25, 0.3) is 19.4 Å². The molecule has 11 atom stereocenters. The van der Waals surface area contributed by atoms with Crippen molar-refractivity contribution in [1.29, 1.82) is 0 Å². The van der Waals surface area contributed by atoms with Crippen molar-refractivity contribution in [2.75, 3.05) is 0 Å². The van der Waals surface area contributed by atoms with E-state index in [0.717, 1.165) is 44.9 Å². The molecule has 4 rings (SSSR count). The van der Waals surface area contributed by atoms with Gasteiger partial charge in [-0.25, -0.2) is 0 Å². The van der Waals surface area contributed by atoms with Crippen molar-refractivity contribution in [1.82, 2.24) is 0 Å². The standard InChI is InChI=1S/C27H39ClO7/c1-16(4-7-24(28)32)19-5-6-20-25-21(12-23(35-15-31)27(19,20)3)26(2)9-8-18(33-13-29)10-17(26)11-22(25)34-14-30/h13-23,25H,4-12H2,1-3H3/t16-,17?,18?,19-,20+,21+,22?,23?,25+,26+,27-/m1/s1. The molecule has 4 aliphatic carbocycles. The second-order valence-corrected chi connectivity index (χ2v) is 12.4. The van der Waals surface area contributed by atoms with Crippen LogP contribution in [-0.4, -0.2) is 43.0 Å². The molecular formula is C27H39ClO7. The fraction of sp³-hybridized carbons (Fsp3) is 0.852. The van der Waals surface area contributed by atoms with Crippen LogP contribution in [0.1, 0.15) is 78.6 Å². The Labute approximate surface area is 212 Å². The third kappa shape index (κ3) is 4.51. The zero-order valence-corrected chi connectivity index (χ0v) is 21.8. The van der Waals surface area contributed by atoms with E-state index in [2.05, 4.69) is 20.8 Å². The highest BCUT2D eigenvalue weighted by Gasteiger charge is 2.67. The summed E-state index contributed by atoms with van der Waals surface area (Å²) in [6.07, 6.45) is 6.51. The summed E-state index contributed by atoms with van der Waals surface area (Å²) in [4.78, 5) is 45.7. The molecule has 7 nitrogen and oxygen atoms in total. The van der Waals surface area contributed by atoms with E-state index in [0.29, 0.717) is 32.3 Å². The van der Waals surface area contributed by atoms with Crippen molar-refractivity contribution in [2.24, 2.45) is 46.3 Å². The van der Waals surface area contributed by atoms with Gasteiger partial charge >= 0.3 is 0 Å². The van der Waals surface area contributed by atoms with Gasteiger partial charge in [-0.2, -0.15) is 0 Å². The van der Waals surface area contributed by atoms with Gasteiger partial charge in [0.1, 0.15) is 18.3 Å². The number of carbonyl (C=O) groups excluding carboxylic acids is 4. The van der Waals surface area contributed by atoms with Crippen molar-refractivity contribution in [3.63, 3.8) is 0 Å². The molecule has 0 aromatic carbocycles. The average Bonchev–Trinajstić information content (AvgIpc) is 3.17. The summed E-state index contributed by atoms with van der Waals surface area (Å²) in [6.45, 7) is 8.47. The molecule has 0 spiro atoms. The molecule has 196 valence electrons. The number of carbonyl (C=O) groups is 4. The Balaban J connectivity index is 1.68. The Morgan fingerprint density at radius 1 is 0.971 bits per heavy atom. The van der Waals surface area contributed by atoms with Gasteiger partial charge in [0, 0.05) is 17.8 Å². The van der Waals surface area contributed by atoms with Crippen LogP contribution in [0.25, 0.3) is 0 Å². The van der Waals surface area contributed by atoms with E-state index in [9.17, 15) is 19.2 Å². The van der Waals surface area contributed by atoms with Gasteiger partial charge in [0.05, 0.1) is 0 Å². The summed E-state index contributed by atoms with van der Waals surface area (Å²) < 4.78 is 17.0. The van der Waals surface area contributed by atoms with Gasteiger partial charge in [0.2, 0.25) is 5.24 Å². The lowest BCUT2D eigenvalue weighted by atomic mass is 9.43. The third-order valence-corrected chi connectivity index (χ3v) is 11.1. The molecule has 8 heteroatoms.